The molecule has 0 saturated carbocycles. The number of hydrogen-bond acceptors (Lipinski definition) is 2. The van der Waals surface area contributed by atoms with Crippen molar-refractivity contribution in [2.45, 2.75) is 71.1 Å². The molecule has 0 heterocycles. The molecule has 0 aliphatic rings. The van der Waals surface area contributed by atoms with Gasteiger partial charge in [0.25, 0.3) is 0 Å². The summed E-state index contributed by atoms with van der Waals surface area (Å²) in [7, 11) is 0. The van der Waals surface area contributed by atoms with Crippen LogP contribution < -0.4 is 5.73 Å². The average Bonchev–Trinajstić information content (AvgIpc) is 2.46. The standard InChI is InChI=1S/C17H32N2O3/c1-2-3-4-5-6-7-8-9-10-11-12-13-14-19(17(21)22)15-16(18)20/h3-4H,2,5-15H2,1H3,(H2,18,20)(H,21,22)/b4-3-. The third kappa shape index (κ3) is 13.5. The number of amides is 2. The zero-order valence-corrected chi connectivity index (χ0v) is 13.9. The molecule has 0 rings (SSSR count). The van der Waals surface area contributed by atoms with Crippen LogP contribution in [0.15, 0.2) is 12.2 Å². The van der Waals surface area contributed by atoms with Gasteiger partial charge in [-0.3, -0.25) is 9.69 Å². The van der Waals surface area contributed by atoms with Crippen molar-refractivity contribution in [3.63, 3.8) is 0 Å². The first-order valence-electron chi connectivity index (χ1n) is 8.49. The van der Waals surface area contributed by atoms with E-state index in [1.165, 1.54) is 38.5 Å². The summed E-state index contributed by atoms with van der Waals surface area (Å²) in [6.07, 6.45) is 14.9. The molecule has 0 spiro atoms. The van der Waals surface area contributed by atoms with Crippen LogP contribution in [0.5, 0.6) is 0 Å². The van der Waals surface area contributed by atoms with Gasteiger partial charge in [-0.1, -0.05) is 57.6 Å². The van der Waals surface area contributed by atoms with E-state index in [0.29, 0.717) is 6.54 Å². The maximum atomic E-state index is 10.9. The Morgan fingerprint density at radius 1 is 0.955 bits per heavy atom. The van der Waals surface area contributed by atoms with Crippen LogP contribution in [0, 0.1) is 0 Å². The highest BCUT2D eigenvalue weighted by Crippen LogP contribution is 2.10. The molecule has 0 bridgehead atoms. The van der Waals surface area contributed by atoms with Crippen LogP contribution in [-0.4, -0.2) is 35.1 Å². The molecule has 0 aromatic rings. The van der Waals surface area contributed by atoms with Crippen LogP contribution in [0.4, 0.5) is 4.79 Å². The van der Waals surface area contributed by atoms with Crippen molar-refractivity contribution in [3.8, 4) is 0 Å². The Morgan fingerprint density at radius 3 is 2.00 bits per heavy atom. The summed E-state index contributed by atoms with van der Waals surface area (Å²) in [4.78, 5) is 22.7. The van der Waals surface area contributed by atoms with Gasteiger partial charge in [-0.25, -0.2) is 4.79 Å². The Bertz CT molecular complexity index is 330. The Labute approximate surface area is 134 Å². The number of nitrogens with zero attached hydrogens (tertiary/aromatic N) is 1. The smallest absolute Gasteiger partial charge is 0.407 e. The van der Waals surface area contributed by atoms with Crippen LogP contribution in [-0.2, 0) is 4.79 Å². The van der Waals surface area contributed by atoms with E-state index in [1.54, 1.807) is 0 Å². The summed E-state index contributed by atoms with van der Waals surface area (Å²) in [5.74, 6) is -0.601. The van der Waals surface area contributed by atoms with Gasteiger partial charge in [-0.05, 0) is 25.7 Å². The fourth-order valence-corrected chi connectivity index (χ4v) is 2.34. The zero-order chi connectivity index (χ0) is 16.6. The first kappa shape index (κ1) is 20.5. The molecule has 128 valence electrons. The second-order valence-corrected chi connectivity index (χ2v) is 5.67. The monoisotopic (exact) mass is 312 g/mol. The van der Waals surface area contributed by atoms with Crippen LogP contribution >= 0.6 is 0 Å². The highest BCUT2D eigenvalue weighted by Gasteiger charge is 2.13. The molecule has 5 heteroatoms. The topological polar surface area (TPSA) is 83.6 Å². The largest absolute Gasteiger partial charge is 0.465 e. The lowest BCUT2D eigenvalue weighted by molar-refractivity contribution is -0.118. The molecule has 0 radical (unpaired) electrons. The summed E-state index contributed by atoms with van der Waals surface area (Å²) in [5.41, 5.74) is 5.02. The summed E-state index contributed by atoms with van der Waals surface area (Å²) in [5, 5.41) is 8.91. The van der Waals surface area contributed by atoms with E-state index >= 15 is 0 Å². The van der Waals surface area contributed by atoms with Crippen LogP contribution in [0.3, 0.4) is 0 Å². The SMILES string of the molecule is CC/C=C\CCCCCCCCCCN(CC(N)=O)C(=O)O. The minimum atomic E-state index is -1.07. The van der Waals surface area contributed by atoms with Gasteiger partial charge in [0.15, 0.2) is 0 Å². The first-order chi connectivity index (χ1) is 10.6. The van der Waals surface area contributed by atoms with Crippen molar-refractivity contribution in [2.75, 3.05) is 13.1 Å². The molecule has 0 aromatic carbocycles. The quantitative estimate of drug-likeness (QED) is 0.376. The van der Waals surface area contributed by atoms with Gasteiger partial charge in [0.2, 0.25) is 5.91 Å². The number of carbonyl (C=O) groups is 2. The van der Waals surface area contributed by atoms with Crippen molar-refractivity contribution < 1.29 is 14.7 Å². The lowest BCUT2D eigenvalue weighted by Crippen LogP contribution is -2.38. The van der Waals surface area contributed by atoms with E-state index in [9.17, 15) is 9.59 Å². The highest BCUT2D eigenvalue weighted by molar-refractivity contribution is 5.80. The Morgan fingerprint density at radius 2 is 1.50 bits per heavy atom. The molecule has 0 aromatic heterocycles. The number of hydrogen-bond donors (Lipinski definition) is 2. The third-order valence-corrected chi connectivity index (χ3v) is 3.57. The number of unbranched alkanes of at least 4 members (excludes halogenated alkanes) is 8. The fraction of sp³-hybridized carbons (Fsp3) is 0.765. The van der Waals surface area contributed by atoms with Gasteiger partial charge >= 0.3 is 6.09 Å². The molecule has 0 aliphatic heterocycles. The lowest BCUT2D eigenvalue weighted by Gasteiger charge is -2.16. The highest BCUT2D eigenvalue weighted by atomic mass is 16.4. The fourth-order valence-electron chi connectivity index (χ4n) is 2.34. The Hall–Kier alpha value is -1.52. The van der Waals surface area contributed by atoms with Gasteiger partial charge in [0.05, 0.1) is 0 Å². The number of rotatable bonds is 14. The molecule has 22 heavy (non-hydrogen) atoms. The van der Waals surface area contributed by atoms with Crippen molar-refractivity contribution in [2.24, 2.45) is 5.73 Å². The van der Waals surface area contributed by atoms with Gasteiger partial charge < -0.3 is 10.8 Å². The summed E-state index contributed by atoms with van der Waals surface area (Å²) < 4.78 is 0. The maximum absolute atomic E-state index is 10.9. The Balaban J connectivity index is 3.40. The molecule has 0 aliphatic carbocycles. The second-order valence-electron chi connectivity index (χ2n) is 5.67. The van der Waals surface area contributed by atoms with Crippen molar-refractivity contribution in [1.82, 2.24) is 4.90 Å². The van der Waals surface area contributed by atoms with Crippen molar-refractivity contribution in [3.05, 3.63) is 12.2 Å². The van der Waals surface area contributed by atoms with E-state index < -0.39 is 12.0 Å². The molecule has 3 N–H and O–H groups in total. The maximum Gasteiger partial charge on any atom is 0.407 e. The average molecular weight is 312 g/mol. The van der Waals surface area contributed by atoms with Crippen molar-refractivity contribution in [1.29, 1.82) is 0 Å². The van der Waals surface area contributed by atoms with E-state index in [0.717, 1.165) is 30.6 Å². The molecular formula is C17H32N2O3. The summed E-state index contributed by atoms with van der Waals surface area (Å²) in [6, 6.07) is 0. The number of carboxylic acid groups (broad SMARTS) is 1. The van der Waals surface area contributed by atoms with Gasteiger partial charge in [0, 0.05) is 6.54 Å². The predicted molar refractivity (Wildman–Crippen MR) is 89.8 cm³/mol. The first-order valence-corrected chi connectivity index (χ1v) is 8.49. The molecule has 0 fully saturated rings. The summed E-state index contributed by atoms with van der Waals surface area (Å²) in [6.45, 7) is 2.34. The van der Waals surface area contributed by atoms with Gasteiger partial charge in [0.1, 0.15) is 6.54 Å². The van der Waals surface area contributed by atoms with Crippen LogP contribution in [0.25, 0.3) is 0 Å². The molecular weight excluding hydrogens is 280 g/mol. The number of allylic oxidation sites excluding steroid dienone is 2. The van der Waals surface area contributed by atoms with E-state index in [-0.39, 0.29) is 6.54 Å². The number of primary amides is 1. The van der Waals surface area contributed by atoms with Crippen LogP contribution in [0.2, 0.25) is 0 Å². The number of nitrogens with two attached hydrogens (primary N) is 1. The van der Waals surface area contributed by atoms with Crippen molar-refractivity contribution >= 4 is 12.0 Å². The molecule has 0 unspecified atom stereocenters. The molecule has 2 amide bonds. The predicted octanol–water partition coefficient (Wildman–Crippen LogP) is 3.93. The van der Waals surface area contributed by atoms with E-state index in [4.69, 9.17) is 10.8 Å². The molecule has 0 atom stereocenters. The second kappa shape index (κ2) is 14.4. The normalized spacial score (nSPS) is 11.0. The lowest BCUT2D eigenvalue weighted by atomic mass is 10.1. The zero-order valence-electron chi connectivity index (χ0n) is 13.9. The van der Waals surface area contributed by atoms with Gasteiger partial charge in [-0.2, -0.15) is 0 Å². The minimum absolute atomic E-state index is 0.207. The van der Waals surface area contributed by atoms with E-state index in [2.05, 4.69) is 19.1 Å². The number of carbonyl (C=O) groups excluding carboxylic acids is 1. The van der Waals surface area contributed by atoms with Crippen LogP contribution in [0.1, 0.15) is 71.1 Å². The van der Waals surface area contributed by atoms with Gasteiger partial charge in [-0.15, -0.1) is 0 Å². The molecule has 5 nitrogen and oxygen atoms in total. The van der Waals surface area contributed by atoms with E-state index in [1.807, 2.05) is 0 Å². The third-order valence-electron chi connectivity index (χ3n) is 3.57. The Kier molecular flexibility index (Phi) is 13.4. The molecule has 0 saturated heterocycles. The summed E-state index contributed by atoms with van der Waals surface area (Å²) >= 11 is 0. The minimum Gasteiger partial charge on any atom is -0.465 e.